The van der Waals surface area contributed by atoms with Gasteiger partial charge < -0.3 is 24.4 Å². The number of fused-ring (bicyclic) bond motifs is 3. The Morgan fingerprint density at radius 1 is 1.00 bits per heavy atom. The molecule has 6 atom stereocenters. The summed E-state index contributed by atoms with van der Waals surface area (Å²) in [5, 5.41) is 19.2. The highest BCUT2D eigenvalue weighted by molar-refractivity contribution is 5.99. The van der Waals surface area contributed by atoms with Crippen LogP contribution in [0.25, 0.3) is 11.0 Å². The second-order valence-corrected chi connectivity index (χ2v) is 11.9. The molecule has 2 amide bonds. The third-order valence-electron chi connectivity index (χ3n) is 9.57. The van der Waals surface area contributed by atoms with Crippen molar-refractivity contribution in [3.8, 4) is 0 Å². The van der Waals surface area contributed by atoms with E-state index in [9.17, 15) is 19.5 Å². The summed E-state index contributed by atoms with van der Waals surface area (Å²) < 4.78 is 14.3. The second kappa shape index (κ2) is 11.0. The summed E-state index contributed by atoms with van der Waals surface area (Å²) in [5.74, 6) is -3.23. The highest BCUT2D eigenvalue weighted by Gasteiger charge is 2.76. The predicted molar refractivity (Wildman–Crippen MR) is 159 cm³/mol. The summed E-state index contributed by atoms with van der Waals surface area (Å²) in [4.78, 5) is 46.3. The number of likely N-dealkylation sites (tertiary alicyclic amines) is 1. The lowest BCUT2D eigenvalue weighted by molar-refractivity contribution is -0.164. The van der Waals surface area contributed by atoms with Crippen LogP contribution in [0.15, 0.2) is 78.9 Å². The van der Waals surface area contributed by atoms with Gasteiger partial charge in [-0.15, -0.1) is 5.10 Å². The van der Waals surface area contributed by atoms with Crippen LogP contribution in [0.5, 0.6) is 0 Å². The van der Waals surface area contributed by atoms with Crippen molar-refractivity contribution in [3.05, 3.63) is 84.5 Å². The van der Waals surface area contributed by atoms with Crippen molar-refractivity contribution in [2.45, 2.75) is 56.1 Å². The number of aromatic nitrogens is 3. The van der Waals surface area contributed by atoms with Gasteiger partial charge >= 0.3 is 5.97 Å². The van der Waals surface area contributed by atoms with E-state index in [0.29, 0.717) is 24.8 Å². The zero-order valence-electron chi connectivity index (χ0n) is 24.5. The Morgan fingerprint density at radius 2 is 1.80 bits per heavy atom. The number of amides is 2. The average molecular weight is 598 g/mol. The SMILES string of the molecule is CC[C@@]12C=CCCOC(=O)[C@@H]1[C@H]1C(=O)N([C@@H](CO)Cc3ccccc3)C3C(=O)N(Cn4nnc5ccccc54)CC=C[C@@]31O2. The molecule has 0 saturated carbocycles. The van der Waals surface area contributed by atoms with Gasteiger partial charge in [0.2, 0.25) is 5.91 Å². The monoisotopic (exact) mass is 597 g/mol. The van der Waals surface area contributed by atoms with Gasteiger partial charge in [-0.25, -0.2) is 4.68 Å². The molecule has 3 aromatic rings. The number of hydrogen-bond donors (Lipinski definition) is 1. The van der Waals surface area contributed by atoms with Gasteiger partial charge in [-0.3, -0.25) is 14.4 Å². The summed E-state index contributed by atoms with van der Waals surface area (Å²) >= 11 is 0. The number of cyclic esters (lactones) is 1. The molecule has 0 bridgehead atoms. The highest BCUT2D eigenvalue weighted by atomic mass is 16.6. The summed E-state index contributed by atoms with van der Waals surface area (Å²) in [7, 11) is 0. The average Bonchev–Trinajstić information content (AvgIpc) is 3.61. The molecule has 2 saturated heterocycles. The van der Waals surface area contributed by atoms with Crippen molar-refractivity contribution in [3.63, 3.8) is 0 Å². The summed E-state index contributed by atoms with van der Waals surface area (Å²) in [6, 6.07) is 15.2. The normalized spacial score (nSPS) is 30.4. The molecule has 7 rings (SSSR count). The molecule has 5 heterocycles. The third-order valence-corrected chi connectivity index (χ3v) is 9.57. The van der Waals surface area contributed by atoms with E-state index in [1.165, 1.54) is 4.90 Å². The number of aliphatic hydroxyl groups excluding tert-OH is 1. The number of hydrogen-bond acceptors (Lipinski definition) is 8. The lowest BCUT2D eigenvalue weighted by Gasteiger charge is -2.41. The fraction of sp³-hybridized carbons (Fsp3) is 0.424. The van der Waals surface area contributed by atoms with Gasteiger partial charge in [0.1, 0.15) is 35.3 Å². The number of aliphatic hydroxyl groups is 1. The smallest absolute Gasteiger partial charge is 0.313 e. The quantitative estimate of drug-likeness (QED) is 0.325. The summed E-state index contributed by atoms with van der Waals surface area (Å²) in [6.07, 6.45) is 8.71. The number of carbonyl (C=O) groups excluding carboxylic acids is 3. The molecule has 4 aliphatic heterocycles. The molecule has 44 heavy (non-hydrogen) atoms. The standard InChI is InChI=1S/C33H35N5O6/c1-2-32-15-8-9-18-43-31(42)27(32)26-29(40)38(23(20-39)19-22-11-4-3-5-12-22)28-30(41)36(17-10-16-33(26,28)44-32)21-37-25-14-7-6-13-24(25)34-35-37/h3-8,10-16,23,26-28,39H,2,9,17-21H2,1H3/t23-,26+,27+,28?,32-,33+/m1/s1. The molecule has 1 aromatic heterocycles. The Labute approximate surface area is 254 Å². The number of para-hydroxylation sites is 1. The minimum atomic E-state index is -1.45. The molecule has 1 spiro atoms. The van der Waals surface area contributed by atoms with Gasteiger partial charge in [0.15, 0.2) is 0 Å². The van der Waals surface area contributed by atoms with E-state index in [1.54, 1.807) is 15.7 Å². The van der Waals surface area contributed by atoms with Crippen molar-refractivity contribution in [1.29, 1.82) is 0 Å². The second-order valence-electron chi connectivity index (χ2n) is 11.9. The Balaban J connectivity index is 1.35. The molecule has 11 nitrogen and oxygen atoms in total. The fourth-order valence-corrected chi connectivity index (χ4v) is 7.56. The molecule has 1 N–H and O–H groups in total. The molecule has 2 fully saturated rings. The predicted octanol–water partition coefficient (Wildman–Crippen LogP) is 2.25. The van der Waals surface area contributed by atoms with E-state index in [1.807, 2.05) is 79.7 Å². The van der Waals surface area contributed by atoms with Gasteiger partial charge in [-0.2, -0.15) is 0 Å². The van der Waals surface area contributed by atoms with Crippen LogP contribution in [-0.2, 0) is 36.9 Å². The first-order valence-electron chi connectivity index (χ1n) is 15.2. The maximum absolute atomic E-state index is 14.8. The Morgan fingerprint density at radius 3 is 2.59 bits per heavy atom. The van der Waals surface area contributed by atoms with E-state index < -0.39 is 47.0 Å². The van der Waals surface area contributed by atoms with Gasteiger partial charge in [-0.1, -0.05) is 78.9 Å². The first kappa shape index (κ1) is 28.4. The van der Waals surface area contributed by atoms with Crippen LogP contribution in [0.1, 0.15) is 25.3 Å². The minimum absolute atomic E-state index is 0.0930. The number of ether oxygens (including phenoxy) is 2. The van der Waals surface area contributed by atoms with Gasteiger partial charge in [-0.05, 0) is 37.0 Å². The molecule has 0 radical (unpaired) electrons. The van der Waals surface area contributed by atoms with E-state index >= 15 is 0 Å². The van der Waals surface area contributed by atoms with Crippen LogP contribution >= 0.6 is 0 Å². The Kier molecular flexibility index (Phi) is 7.09. The van der Waals surface area contributed by atoms with Crippen LogP contribution in [0.4, 0.5) is 0 Å². The zero-order valence-corrected chi connectivity index (χ0v) is 24.5. The largest absolute Gasteiger partial charge is 0.465 e. The lowest BCUT2D eigenvalue weighted by atomic mass is 9.73. The maximum Gasteiger partial charge on any atom is 0.313 e. The molecule has 228 valence electrons. The molecule has 11 heteroatoms. The molecular formula is C33H35N5O6. The molecule has 0 aliphatic carbocycles. The Hall–Kier alpha value is -4.35. The lowest BCUT2D eigenvalue weighted by Crippen LogP contribution is -2.59. The van der Waals surface area contributed by atoms with Crippen LogP contribution in [0.3, 0.4) is 0 Å². The van der Waals surface area contributed by atoms with Crippen LogP contribution in [0.2, 0.25) is 0 Å². The van der Waals surface area contributed by atoms with Crippen molar-refractivity contribution in [2.75, 3.05) is 19.8 Å². The first-order chi connectivity index (χ1) is 21.4. The fourth-order valence-electron chi connectivity index (χ4n) is 7.56. The highest BCUT2D eigenvalue weighted by Crippen LogP contribution is 2.58. The number of nitrogens with zero attached hydrogens (tertiary/aromatic N) is 5. The van der Waals surface area contributed by atoms with Crippen molar-refractivity contribution in [2.24, 2.45) is 11.8 Å². The van der Waals surface area contributed by atoms with Crippen molar-refractivity contribution in [1.82, 2.24) is 24.8 Å². The van der Waals surface area contributed by atoms with Gasteiger partial charge in [0, 0.05) is 6.54 Å². The van der Waals surface area contributed by atoms with E-state index in [4.69, 9.17) is 9.47 Å². The number of rotatable bonds is 7. The van der Waals surface area contributed by atoms with E-state index in [2.05, 4.69) is 10.3 Å². The summed E-state index contributed by atoms with van der Waals surface area (Å²) in [5.41, 5.74) is -0.200. The number of benzene rings is 2. The third kappa shape index (κ3) is 4.28. The van der Waals surface area contributed by atoms with E-state index in [-0.39, 0.29) is 32.3 Å². The van der Waals surface area contributed by atoms with Gasteiger partial charge in [0.25, 0.3) is 5.91 Å². The summed E-state index contributed by atoms with van der Waals surface area (Å²) in [6.45, 7) is 2.07. The molecular weight excluding hydrogens is 562 g/mol. The number of carbonyl (C=O) groups is 3. The minimum Gasteiger partial charge on any atom is -0.465 e. The van der Waals surface area contributed by atoms with Crippen molar-refractivity contribution < 1.29 is 29.0 Å². The van der Waals surface area contributed by atoms with Gasteiger partial charge in [0.05, 0.1) is 30.7 Å². The van der Waals surface area contributed by atoms with Crippen LogP contribution < -0.4 is 0 Å². The maximum atomic E-state index is 14.8. The molecule has 2 aromatic carbocycles. The number of esters is 1. The van der Waals surface area contributed by atoms with Crippen molar-refractivity contribution >= 4 is 28.8 Å². The molecule has 4 aliphatic rings. The topological polar surface area (TPSA) is 127 Å². The zero-order chi connectivity index (χ0) is 30.5. The Bertz CT molecular complexity index is 1650. The van der Waals surface area contributed by atoms with Crippen LogP contribution in [-0.4, -0.2) is 90.7 Å². The van der Waals surface area contributed by atoms with Crippen LogP contribution in [0, 0.1) is 11.8 Å². The first-order valence-corrected chi connectivity index (χ1v) is 15.2. The van der Waals surface area contributed by atoms with E-state index in [0.717, 1.165) is 11.1 Å². The molecule has 1 unspecified atom stereocenters.